The van der Waals surface area contributed by atoms with Gasteiger partial charge in [-0.1, -0.05) is 12.1 Å². The van der Waals surface area contributed by atoms with Crippen LogP contribution < -0.4 is 19.7 Å². The maximum Gasteiger partial charge on any atom is 0.246 e. The quantitative estimate of drug-likeness (QED) is 0.918. The molecule has 0 bridgehead atoms. The third-order valence-electron chi connectivity index (χ3n) is 4.08. The molecule has 0 aromatic heterocycles. The van der Waals surface area contributed by atoms with Gasteiger partial charge in [-0.3, -0.25) is 4.79 Å². The van der Waals surface area contributed by atoms with Crippen LogP contribution in [-0.2, 0) is 11.3 Å². The molecule has 2 aromatic carbocycles. The predicted octanol–water partition coefficient (Wildman–Crippen LogP) is 2.29. The second-order valence-electron chi connectivity index (χ2n) is 5.66. The maximum atomic E-state index is 12.4. The van der Waals surface area contributed by atoms with Crippen molar-refractivity contribution in [2.75, 3.05) is 30.0 Å². The highest BCUT2D eigenvalue weighted by atomic mass is 16.6. The van der Waals surface area contributed by atoms with E-state index >= 15 is 0 Å². The lowest BCUT2D eigenvalue weighted by Gasteiger charge is -2.32. The highest BCUT2D eigenvalue weighted by Gasteiger charge is 2.27. The molecule has 120 valence electrons. The summed E-state index contributed by atoms with van der Waals surface area (Å²) in [5.74, 6) is 1.31. The molecule has 0 atom stereocenters. The van der Waals surface area contributed by atoms with E-state index in [1.54, 1.807) is 17.0 Å². The number of ether oxygens (including phenoxy) is 2. The van der Waals surface area contributed by atoms with Crippen molar-refractivity contribution in [1.82, 2.24) is 0 Å². The SMILES string of the molecule is N#Cc1cccc(CN2C(=O)CNc3cc4c(cc32)OCCO4)c1. The van der Waals surface area contributed by atoms with Crippen molar-refractivity contribution in [3.63, 3.8) is 0 Å². The Hall–Kier alpha value is -3.20. The summed E-state index contributed by atoms with van der Waals surface area (Å²) in [7, 11) is 0. The Morgan fingerprint density at radius 3 is 2.75 bits per heavy atom. The number of nitriles is 1. The molecule has 6 heteroatoms. The summed E-state index contributed by atoms with van der Waals surface area (Å²) in [6.07, 6.45) is 0. The normalized spacial score (nSPS) is 15.3. The summed E-state index contributed by atoms with van der Waals surface area (Å²) >= 11 is 0. The standard InChI is InChI=1S/C18H15N3O3/c19-9-12-2-1-3-13(6-12)11-21-15-8-17-16(23-4-5-24-17)7-14(15)20-10-18(21)22/h1-3,6-8,20H,4-5,10-11H2. The minimum absolute atomic E-state index is 0.0264. The third-order valence-corrected chi connectivity index (χ3v) is 4.08. The molecule has 4 rings (SSSR count). The molecule has 0 aliphatic carbocycles. The number of benzene rings is 2. The minimum Gasteiger partial charge on any atom is -0.486 e. The number of nitrogens with one attached hydrogen (secondary N) is 1. The number of carbonyl (C=O) groups excluding carboxylic acids is 1. The van der Waals surface area contributed by atoms with E-state index in [1.807, 2.05) is 24.3 Å². The summed E-state index contributed by atoms with van der Waals surface area (Å²) in [6, 6.07) is 13.1. The molecule has 0 unspecified atom stereocenters. The Kier molecular flexibility index (Phi) is 3.47. The molecule has 0 saturated heterocycles. The van der Waals surface area contributed by atoms with E-state index in [2.05, 4.69) is 11.4 Å². The summed E-state index contributed by atoms with van der Waals surface area (Å²) in [5.41, 5.74) is 3.09. The van der Waals surface area contributed by atoms with E-state index in [1.165, 1.54) is 0 Å². The van der Waals surface area contributed by atoms with E-state index in [-0.39, 0.29) is 12.5 Å². The molecule has 0 fully saturated rings. The van der Waals surface area contributed by atoms with Gasteiger partial charge in [0.05, 0.1) is 36.1 Å². The Bertz CT molecular complexity index is 857. The number of hydrogen-bond donors (Lipinski definition) is 1. The monoisotopic (exact) mass is 321 g/mol. The Balaban J connectivity index is 1.71. The van der Waals surface area contributed by atoms with Gasteiger partial charge in [0.2, 0.25) is 5.91 Å². The van der Waals surface area contributed by atoms with E-state index in [4.69, 9.17) is 14.7 Å². The van der Waals surface area contributed by atoms with Gasteiger partial charge in [-0.25, -0.2) is 0 Å². The fraction of sp³-hybridized carbons (Fsp3) is 0.222. The largest absolute Gasteiger partial charge is 0.486 e. The van der Waals surface area contributed by atoms with Gasteiger partial charge in [-0.05, 0) is 17.7 Å². The topological polar surface area (TPSA) is 74.6 Å². The molecule has 2 aliphatic rings. The van der Waals surface area contributed by atoms with Gasteiger partial charge in [0, 0.05) is 12.1 Å². The molecule has 2 heterocycles. The molecule has 6 nitrogen and oxygen atoms in total. The first-order chi connectivity index (χ1) is 11.7. The number of anilines is 2. The van der Waals surface area contributed by atoms with E-state index in [0.29, 0.717) is 36.8 Å². The third kappa shape index (κ3) is 2.50. The molecular weight excluding hydrogens is 306 g/mol. The van der Waals surface area contributed by atoms with Crippen LogP contribution in [0.1, 0.15) is 11.1 Å². The lowest BCUT2D eigenvalue weighted by molar-refractivity contribution is -0.117. The zero-order valence-electron chi connectivity index (χ0n) is 12.9. The van der Waals surface area contributed by atoms with Crippen LogP contribution in [0.2, 0.25) is 0 Å². The first-order valence-corrected chi connectivity index (χ1v) is 7.71. The summed E-state index contributed by atoms with van der Waals surface area (Å²) in [4.78, 5) is 14.1. The zero-order chi connectivity index (χ0) is 16.5. The molecule has 1 amide bonds. The van der Waals surface area contributed by atoms with Crippen LogP contribution >= 0.6 is 0 Å². The fourth-order valence-electron chi connectivity index (χ4n) is 2.94. The lowest BCUT2D eigenvalue weighted by atomic mass is 10.1. The first kappa shape index (κ1) is 14.4. The average molecular weight is 321 g/mol. The molecular formula is C18H15N3O3. The number of amides is 1. The van der Waals surface area contributed by atoms with E-state index in [0.717, 1.165) is 16.9 Å². The van der Waals surface area contributed by atoms with Gasteiger partial charge in [-0.2, -0.15) is 5.26 Å². The highest BCUT2D eigenvalue weighted by Crippen LogP contribution is 2.41. The Morgan fingerprint density at radius 1 is 1.17 bits per heavy atom. The fourth-order valence-corrected chi connectivity index (χ4v) is 2.94. The van der Waals surface area contributed by atoms with Crippen LogP contribution in [0.3, 0.4) is 0 Å². The Labute approximate surface area is 139 Å². The van der Waals surface area contributed by atoms with Crippen molar-refractivity contribution >= 4 is 17.3 Å². The average Bonchev–Trinajstić information content (AvgIpc) is 2.63. The molecule has 24 heavy (non-hydrogen) atoms. The summed E-state index contributed by atoms with van der Waals surface area (Å²) in [6.45, 7) is 1.65. The molecule has 2 aromatic rings. The van der Waals surface area contributed by atoms with Crippen LogP contribution in [-0.4, -0.2) is 25.7 Å². The van der Waals surface area contributed by atoms with Crippen molar-refractivity contribution in [1.29, 1.82) is 5.26 Å². The lowest BCUT2D eigenvalue weighted by Crippen LogP contribution is -2.39. The van der Waals surface area contributed by atoms with Gasteiger partial charge in [0.1, 0.15) is 13.2 Å². The van der Waals surface area contributed by atoms with Crippen molar-refractivity contribution in [2.24, 2.45) is 0 Å². The van der Waals surface area contributed by atoms with Crippen molar-refractivity contribution in [3.8, 4) is 17.6 Å². The molecule has 0 radical (unpaired) electrons. The number of rotatable bonds is 2. The van der Waals surface area contributed by atoms with Crippen LogP contribution in [0.25, 0.3) is 0 Å². The van der Waals surface area contributed by atoms with Crippen LogP contribution in [0, 0.1) is 11.3 Å². The van der Waals surface area contributed by atoms with Gasteiger partial charge < -0.3 is 19.7 Å². The first-order valence-electron chi connectivity index (χ1n) is 7.71. The molecule has 0 saturated carbocycles. The van der Waals surface area contributed by atoms with E-state index < -0.39 is 0 Å². The summed E-state index contributed by atoms with van der Waals surface area (Å²) < 4.78 is 11.2. The molecule has 1 N–H and O–H groups in total. The van der Waals surface area contributed by atoms with Gasteiger partial charge >= 0.3 is 0 Å². The van der Waals surface area contributed by atoms with Crippen molar-refractivity contribution in [2.45, 2.75) is 6.54 Å². The van der Waals surface area contributed by atoms with Crippen LogP contribution in [0.15, 0.2) is 36.4 Å². The van der Waals surface area contributed by atoms with Crippen molar-refractivity contribution < 1.29 is 14.3 Å². The van der Waals surface area contributed by atoms with Crippen molar-refractivity contribution in [3.05, 3.63) is 47.5 Å². The summed E-state index contributed by atoms with van der Waals surface area (Å²) in [5, 5.41) is 12.2. The number of fused-ring (bicyclic) bond motifs is 2. The number of hydrogen-bond acceptors (Lipinski definition) is 5. The zero-order valence-corrected chi connectivity index (χ0v) is 12.9. The number of carbonyl (C=O) groups is 1. The van der Waals surface area contributed by atoms with Gasteiger partial charge in [0.15, 0.2) is 11.5 Å². The van der Waals surface area contributed by atoms with Crippen LogP contribution in [0.5, 0.6) is 11.5 Å². The second kappa shape index (κ2) is 5.78. The van der Waals surface area contributed by atoms with Gasteiger partial charge in [0.25, 0.3) is 0 Å². The minimum atomic E-state index is -0.0264. The predicted molar refractivity (Wildman–Crippen MR) is 88.3 cm³/mol. The van der Waals surface area contributed by atoms with E-state index in [9.17, 15) is 4.79 Å². The number of nitrogens with zero attached hydrogens (tertiary/aromatic N) is 2. The molecule has 0 spiro atoms. The molecule has 2 aliphatic heterocycles. The highest BCUT2D eigenvalue weighted by molar-refractivity contribution is 6.03. The van der Waals surface area contributed by atoms with Crippen LogP contribution in [0.4, 0.5) is 11.4 Å². The smallest absolute Gasteiger partial charge is 0.246 e. The maximum absolute atomic E-state index is 12.4. The second-order valence-corrected chi connectivity index (χ2v) is 5.66. The van der Waals surface area contributed by atoms with Gasteiger partial charge in [-0.15, -0.1) is 0 Å². The Morgan fingerprint density at radius 2 is 1.96 bits per heavy atom.